The molecule has 56 heavy (non-hydrogen) atoms. The van der Waals surface area contributed by atoms with Gasteiger partial charge in [-0.05, 0) is 42.5 Å². The summed E-state index contributed by atoms with van der Waals surface area (Å²) in [6.45, 7) is 2.33. The Morgan fingerprint density at radius 2 is 1.11 bits per heavy atom. The van der Waals surface area contributed by atoms with Gasteiger partial charge in [0, 0.05) is 79.4 Å². The van der Waals surface area contributed by atoms with Crippen LogP contribution in [0.1, 0.15) is 82.7 Å². The minimum absolute atomic E-state index is 0. The standard InChI is InChI=1S/C21H23NO4.C21H21NO4.CH4O.B.Na.H/c2*1-25-18-8-4-3-7-16(18)20(24)22-12-10-21(11-13-22)14-17(23)15-6-2-5-9-19(15)26-21;1-2;;;/h2-9,17,23H,10-14H2,1H3;2-9H,10-14H2,1H3;2H,1H3;;;/q;;;;+1;-1. The number of amides is 2. The Morgan fingerprint density at radius 1 is 0.679 bits per heavy atom. The van der Waals surface area contributed by atoms with E-state index in [1.165, 1.54) is 0 Å². The Labute approximate surface area is 354 Å². The molecule has 0 saturated carbocycles. The number of piperidine rings is 2. The van der Waals surface area contributed by atoms with Crippen molar-refractivity contribution >= 4 is 26.0 Å². The maximum atomic E-state index is 12.9. The summed E-state index contributed by atoms with van der Waals surface area (Å²) in [6.07, 6.45) is 3.14. The summed E-state index contributed by atoms with van der Waals surface area (Å²) >= 11 is 0. The fourth-order valence-corrected chi connectivity index (χ4v) is 7.83. The molecule has 4 aliphatic rings. The van der Waals surface area contributed by atoms with Crippen molar-refractivity contribution < 1.29 is 74.5 Å². The average Bonchev–Trinajstić information content (AvgIpc) is 3.22. The smallest absolute Gasteiger partial charge is 1.00 e. The van der Waals surface area contributed by atoms with E-state index in [-0.39, 0.29) is 57.0 Å². The molecule has 2 amide bonds. The van der Waals surface area contributed by atoms with Crippen molar-refractivity contribution in [2.24, 2.45) is 0 Å². The third-order valence-electron chi connectivity index (χ3n) is 10.8. The summed E-state index contributed by atoms with van der Waals surface area (Å²) < 4.78 is 23.1. The maximum Gasteiger partial charge on any atom is 1.00 e. The normalized spacial score (nSPS) is 18.3. The maximum absolute atomic E-state index is 12.9. The van der Waals surface area contributed by atoms with Gasteiger partial charge in [-0.3, -0.25) is 14.4 Å². The fourth-order valence-electron chi connectivity index (χ4n) is 7.83. The Bertz CT molecular complexity index is 1970. The first kappa shape index (κ1) is 44.4. The number of carbonyl (C=O) groups is 3. The summed E-state index contributed by atoms with van der Waals surface area (Å²) in [7, 11) is 4.14. The number of carbonyl (C=O) groups excluding carboxylic acids is 3. The molecule has 2 spiro atoms. The number of ketones is 1. The van der Waals surface area contributed by atoms with Crippen LogP contribution in [-0.2, 0) is 0 Å². The number of Topliss-reactive ketones (excluding diaryl/α,β-unsaturated/α-hetero) is 1. The predicted octanol–water partition coefficient (Wildman–Crippen LogP) is 2.87. The number of likely N-dealkylation sites (tertiary alicyclic amines) is 2. The van der Waals surface area contributed by atoms with Crippen LogP contribution < -0.4 is 48.5 Å². The van der Waals surface area contributed by atoms with Gasteiger partial charge in [-0.1, -0.05) is 54.6 Å². The van der Waals surface area contributed by atoms with Crippen LogP contribution in [0.4, 0.5) is 0 Å². The Balaban J connectivity index is 0.000000279. The van der Waals surface area contributed by atoms with Crippen LogP contribution in [0, 0.1) is 0 Å². The molecule has 4 heterocycles. The van der Waals surface area contributed by atoms with Gasteiger partial charge in [0.1, 0.15) is 34.2 Å². The van der Waals surface area contributed by atoms with Crippen LogP contribution in [-0.4, -0.2) is 105 Å². The van der Waals surface area contributed by atoms with E-state index in [0.29, 0.717) is 98.6 Å². The van der Waals surface area contributed by atoms with E-state index >= 15 is 0 Å². The number of hydrogen-bond donors (Lipinski definition) is 2. The fraction of sp³-hybridized carbons (Fsp3) is 0.372. The SMILES string of the molecule is CO.COc1ccccc1C(=O)N1CCC2(CC1)CC(=O)c1ccccc1O2.COc1ccccc1C(=O)N1CCC2(CC1)CC(O)c1ccccc1O2.[B].[H-].[Na+]. The van der Waals surface area contributed by atoms with Crippen LogP contribution in [0.5, 0.6) is 23.0 Å². The molecule has 4 aliphatic heterocycles. The first-order valence-electron chi connectivity index (χ1n) is 18.3. The molecule has 0 bridgehead atoms. The zero-order valence-electron chi connectivity index (χ0n) is 33.6. The van der Waals surface area contributed by atoms with Crippen molar-refractivity contribution in [1.29, 1.82) is 0 Å². The molecule has 4 aromatic rings. The minimum atomic E-state index is -0.517. The minimum Gasteiger partial charge on any atom is -1.00 e. The van der Waals surface area contributed by atoms with Crippen LogP contribution in [0.3, 0.4) is 0 Å². The molecule has 4 aromatic carbocycles. The number of hydrogen-bond acceptors (Lipinski definition) is 9. The summed E-state index contributed by atoms with van der Waals surface area (Å²) in [4.78, 5) is 41.9. The van der Waals surface area contributed by atoms with Gasteiger partial charge in [0.2, 0.25) is 0 Å². The van der Waals surface area contributed by atoms with E-state index in [1.54, 1.807) is 38.5 Å². The zero-order chi connectivity index (χ0) is 38.3. The molecule has 11 nitrogen and oxygen atoms in total. The molecular formula is C43H49BN2NaO9. The molecule has 3 radical (unpaired) electrons. The monoisotopic (exact) mass is 771 g/mol. The molecule has 13 heteroatoms. The van der Waals surface area contributed by atoms with Crippen molar-refractivity contribution in [1.82, 2.24) is 9.80 Å². The molecule has 1 unspecified atom stereocenters. The van der Waals surface area contributed by atoms with Gasteiger partial charge < -0.3 is 40.4 Å². The quantitative estimate of drug-likeness (QED) is 0.301. The zero-order valence-corrected chi connectivity index (χ0v) is 34.6. The molecule has 2 saturated heterocycles. The number of para-hydroxylation sites is 4. The molecule has 8 rings (SSSR count). The summed E-state index contributed by atoms with van der Waals surface area (Å²) in [6, 6.07) is 29.6. The topological polar surface area (TPSA) is 135 Å². The third-order valence-corrected chi connectivity index (χ3v) is 10.8. The van der Waals surface area contributed by atoms with Crippen molar-refractivity contribution in [2.75, 3.05) is 47.5 Å². The molecule has 2 fully saturated rings. The van der Waals surface area contributed by atoms with Gasteiger partial charge in [-0.2, -0.15) is 0 Å². The number of aliphatic hydroxyl groups is 2. The second-order valence-electron chi connectivity index (χ2n) is 13.9. The van der Waals surface area contributed by atoms with Gasteiger partial charge in [0.15, 0.2) is 5.78 Å². The second-order valence-corrected chi connectivity index (χ2v) is 13.9. The molecule has 0 aromatic heterocycles. The number of ether oxygens (including phenoxy) is 4. The number of methoxy groups -OCH3 is 2. The number of fused-ring (bicyclic) bond motifs is 2. The number of nitrogens with zero attached hydrogens (tertiary/aromatic N) is 2. The second kappa shape index (κ2) is 19.7. The van der Waals surface area contributed by atoms with E-state index in [1.807, 2.05) is 82.6 Å². The Hall–Kier alpha value is -4.33. The first-order chi connectivity index (χ1) is 26.2. The Kier molecular flexibility index (Phi) is 15.6. The van der Waals surface area contributed by atoms with E-state index in [9.17, 15) is 19.5 Å². The average molecular weight is 772 g/mol. The van der Waals surface area contributed by atoms with E-state index in [4.69, 9.17) is 24.1 Å². The predicted molar refractivity (Wildman–Crippen MR) is 209 cm³/mol. The van der Waals surface area contributed by atoms with Crippen molar-refractivity contribution in [2.45, 2.75) is 55.8 Å². The molecular weight excluding hydrogens is 722 g/mol. The summed E-state index contributed by atoms with van der Waals surface area (Å²) in [5.74, 6) is 2.65. The number of aliphatic hydroxyl groups excluding tert-OH is 2. The van der Waals surface area contributed by atoms with Crippen LogP contribution in [0.15, 0.2) is 97.1 Å². The number of rotatable bonds is 4. The van der Waals surface area contributed by atoms with Crippen LogP contribution in [0.2, 0.25) is 0 Å². The molecule has 2 N–H and O–H groups in total. The van der Waals surface area contributed by atoms with Gasteiger partial charge in [0.05, 0.1) is 43.4 Å². The van der Waals surface area contributed by atoms with Crippen molar-refractivity contribution in [3.05, 3.63) is 119 Å². The van der Waals surface area contributed by atoms with Crippen molar-refractivity contribution in [3.63, 3.8) is 0 Å². The van der Waals surface area contributed by atoms with Gasteiger partial charge >= 0.3 is 29.6 Å². The van der Waals surface area contributed by atoms with E-state index < -0.39 is 17.3 Å². The molecule has 1 atom stereocenters. The summed E-state index contributed by atoms with van der Waals surface area (Å²) in [5.41, 5.74) is 1.77. The molecule has 0 aliphatic carbocycles. The van der Waals surface area contributed by atoms with Gasteiger partial charge in [-0.25, -0.2) is 0 Å². The largest absolute Gasteiger partial charge is 1.00 e. The third kappa shape index (κ3) is 9.44. The van der Waals surface area contributed by atoms with Gasteiger partial charge in [-0.15, -0.1) is 0 Å². The van der Waals surface area contributed by atoms with Gasteiger partial charge in [0.25, 0.3) is 11.8 Å². The first-order valence-corrected chi connectivity index (χ1v) is 18.3. The number of benzene rings is 4. The van der Waals surface area contributed by atoms with E-state index in [2.05, 4.69) is 0 Å². The summed E-state index contributed by atoms with van der Waals surface area (Å²) in [5, 5.41) is 17.5. The van der Waals surface area contributed by atoms with Crippen LogP contribution in [0.25, 0.3) is 0 Å². The van der Waals surface area contributed by atoms with E-state index in [0.717, 1.165) is 18.4 Å². The Morgan fingerprint density at radius 3 is 1.64 bits per heavy atom. The molecule has 289 valence electrons. The van der Waals surface area contributed by atoms with Crippen LogP contribution >= 0.6 is 0 Å². The van der Waals surface area contributed by atoms with Crippen molar-refractivity contribution in [3.8, 4) is 23.0 Å².